The predicted molar refractivity (Wildman–Crippen MR) is 48.2 cm³/mol. The number of aliphatic hydroxyl groups excluding tert-OH is 1. The minimum absolute atomic E-state index is 0.211. The molecule has 1 heterocycles. The van der Waals surface area contributed by atoms with Crippen molar-refractivity contribution in [2.24, 2.45) is 7.05 Å². The van der Waals surface area contributed by atoms with E-state index in [0.717, 1.165) is 25.0 Å². The number of aromatic nitrogens is 3. The average molecular weight is 181 g/mol. The number of aryl methyl sites for hydroxylation is 1. The highest BCUT2D eigenvalue weighted by Gasteiger charge is 2.26. The average Bonchev–Trinajstić information content (AvgIpc) is 2.53. The van der Waals surface area contributed by atoms with Gasteiger partial charge in [0.1, 0.15) is 0 Å². The summed E-state index contributed by atoms with van der Waals surface area (Å²) < 4.78 is 0. The van der Waals surface area contributed by atoms with Crippen molar-refractivity contribution >= 4 is 0 Å². The van der Waals surface area contributed by atoms with Crippen molar-refractivity contribution in [2.45, 2.75) is 37.7 Å². The van der Waals surface area contributed by atoms with E-state index in [-0.39, 0.29) is 12.0 Å². The van der Waals surface area contributed by atoms with Crippen LogP contribution in [-0.2, 0) is 7.05 Å². The van der Waals surface area contributed by atoms with Crippen molar-refractivity contribution in [3.05, 3.63) is 11.9 Å². The van der Waals surface area contributed by atoms with Gasteiger partial charge in [0.15, 0.2) is 0 Å². The second kappa shape index (κ2) is 3.46. The zero-order valence-corrected chi connectivity index (χ0v) is 7.85. The van der Waals surface area contributed by atoms with Gasteiger partial charge in [-0.15, -0.1) is 0 Å². The highest BCUT2D eigenvalue weighted by atomic mass is 16.3. The van der Waals surface area contributed by atoms with E-state index in [4.69, 9.17) is 0 Å². The van der Waals surface area contributed by atoms with Crippen molar-refractivity contribution in [2.75, 3.05) is 0 Å². The molecule has 2 rings (SSSR count). The molecule has 1 N–H and O–H groups in total. The van der Waals surface area contributed by atoms with Crippen LogP contribution in [0.4, 0.5) is 0 Å². The minimum atomic E-state index is -0.217. The van der Waals surface area contributed by atoms with Crippen LogP contribution in [0.5, 0.6) is 0 Å². The molecular formula is C9H15N3O. The summed E-state index contributed by atoms with van der Waals surface area (Å²) in [7, 11) is 1.80. The Bertz CT molecular complexity index is 284. The van der Waals surface area contributed by atoms with Crippen molar-refractivity contribution in [3.8, 4) is 0 Å². The first kappa shape index (κ1) is 8.69. The molecule has 4 nitrogen and oxygen atoms in total. The molecule has 13 heavy (non-hydrogen) atoms. The van der Waals surface area contributed by atoms with E-state index >= 15 is 0 Å². The van der Waals surface area contributed by atoms with Gasteiger partial charge in [-0.25, -0.2) is 0 Å². The van der Waals surface area contributed by atoms with Crippen LogP contribution in [0, 0.1) is 0 Å². The Morgan fingerprint density at radius 2 is 2.23 bits per heavy atom. The van der Waals surface area contributed by atoms with Crippen LogP contribution in [0.2, 0.25) is 0 Å². The number of hydrogen-bond donors (Lipinski definition) is 1. The molecule has 4 heteroatoms. The summed E-state index contributed by atoms with van der Waals surface area (Å²) >= 11 is 0. The molecule has 72 valence electrons. The molecule has 1 aliphatic carbocycles. The van der Waals surface area contributed by atoms with Crippen molar-refractivity contribution < 1.29 is 5.11 Å². The Morgan fingerprint density at radius 1 is 1.46 bits per heavy atom. The van der Waals surface area contributed by atoms with Gasteiger partial charge in [-0.1, -0.05) is 12.8 Å². The predicted octanol–water partition coefficient (Wildman–Crippen LogP) is 0.834. The summed E-state index contributed by atoms with van der Waals surface area (Å²) in [6, 6.07) is 0. The maximum atomic E-state index is 9.75. The smallest absolute Gasteiger partial charge is 0.0883 e. The Morgan fingerprint density at radius 3 is 2.85 bits per heavy atom. The van der Waals surface area contributed by atoms with Crippen molar-refractivity contribution in [1.82, 2.24) is 15.0 Å². The lowest BCUT2D eigenvalue weighted by molar-refractivity contribution is 0.104. The standard InChI is InChI=1S/C9H15N3O/c1-12-10-6-8(11-12)7-4-2-3-5-9(7)13/h6-7,9,13H,2-5H2,1H3. The van der Waals surface area contributed by atoms with Crippen LogP contribution in [0.3, 0.4) is 0 Å². The van der Waals surface area contributed by atoms with E-state index < -0.39 is 0 Å². The fourth-order valence-electron chi connectivity index (χ4n) is 1.99. The maximum absolute atomic E-state index is 9.75. The molecule has 1 aliphatic rings. The van der Waals surface area contributed by atoms with Gasteiger partial charge in [-0.05, 0) is 12.8 Å². The quantitative estimate of drug-likeness (QED) is 0.698. The topological polar surface area (TPSA) is 50.9 Å². The lowest BCUT2D eigenvalue weighted by atomic mass is 9.85. The first-order valence-corrected chi connectivity index (χ1v) is 4.81. The summed E-state index contributed by atoms with van der Waals surface area (Å²) in [6.45, 7) is 0. The Hall–Kier alpha value is -0.900. The largest absolute Gasteiger partial charge is 0.392 e. The normalized spacial score (nSPS) is 29.1. The second-order valence-corrected chi connectivity index (χ2v) is 3.72. The Kier molecular flexibility index (Phi) is 2.31. The monoisotopic (exact) mass is 181 g/mol. The zero-order chi connectivity index (χ0) is 9.26. The molecule has 1 fully saturated rings. The fourth-order valence-corrected chi connectivity index (χ4v) is 1.99. The zero-order valence-electron chi connectivity index (χ0n) is 7.85. The van der Waals surface area contributed by atoms with E-state index in [1.165, 1.54) is 6.42 Å². The molecule has 0 saturated heterocycles. The van der Waals surface area contributed by atoms with Crippen LogP contribution in [-0.4, -0.2) is 26.2 Å². The van der Waals surface area contributed by atoms with Gasteiger partial charge in [0, 0.05) is 13.0 Å². The highest BCUT2D eigenvalue weighted by Crippen LogP contribution is 2.31. The van der Waals surface area contributed by atoms with E-state index in [1.807, 2.05) is 0 Å². The summed E-state index contributed by atoms with van der Waals surface area (Å²) in [4.78, 5) is 1.55. The summed E-state index contributed by atoms with van der Waals surface area (Å²) in [6.07, 6.45) is 5.82. The SMILES string of the molecule is Cn1ncc(C2CCCCC2O)n1. The van der Waals surface area contributed by atoms with Gasteiger partial charge in [-0.2, -0.15) is 15.0 Å². The van der Waals surface area contributed by atoms with E-state index in [1.54, 1.807) is 18.0 Å². The van der Waals surface area contributed by atoms with Crippen LogP contribution < -0.4 is 0 Å². The van der Waals surface area contributed by atoms with E-state index in [0.29, 0.717) is 0 Å². The Balaban J connectivity index is 2.14. The number of nitrogens with zero attached hydrogens (tertiary/aromatic N) is 3. The second-order valence-electron chi connectivity index (χ2n) is 3.72. The molecule has 1 saturated carbocycles. The molecular weight excluding hydrogens is 166 g/mol. The first-order chi connectivity index (χ1) is 6.27. The third-order valence-electron chi connectivity index (χ3n) is 2.73. The Labute approximate surface area is 77.6 Å². The first-order valence-electron chi connectivity index (χ1n) is 4.81. The van der Waals surface area contributed by atoms with Gasteiger partial charge in [0.2, 0.25) is 0 Å². The molecule has 2 unspecified atom stereocenters. The molecule has 1 aromatic heterocycles. The van der Waals surface area contributed by atoms with Crippen molar-refractivity contribution in [1.29, 1.82) is 0 Å². The van der Waals surface area contributed by atoms with Gasteiger partial charge < -0.3 is 5.11 Å². The van der Waals surface area contributed by atoms with Crippen molar-refractivity contribution in [3.63, 3.8) is 0 Å². The number of rotatable bonds is 1. The molecule has 2 atom stereocenters. The van der Waals surface area contributed by atoms with E-state index in [2.05, 4.69) is 10.2 Å². The maximum Gasteiger partial charge on any atom is 0.0883 e. The van der Waals surface area contributed by atoms with Crippen LogP contribution in [0.25, 0.3) is 0 Å². The van der Waals surface area contributed by atoms with Gasteiger partial charge in [0.05, 0.1) is 18.0 Å². The lowest BCUT2D eigenvalue weighted by Crippen LogP contribution is -2.22. The molecule has 0 radical (unpaired) electrons. The fraction of sp³-hybridized carbons (Fsp3) is 0.778. The molecule has 0 aliphatic heterocycles. The molecule has 0 amide bonds. The van der Waals surface area contributed by atoms with Gasteiger partial charge >= 0.3 is 0 Å². The minimum Gasteiger partial charge on any atom is -0.392 e. The molecule has 1 aromatic rings. The molecule has 0 bridgehead atoms. The lowest BCUT2D eigenvalue weighted by Gasteiger charge is -2.25. The summed E-state index contributed by atoms with van der Waals surface area (Å²) in [5.41, 5.74) is 0.940. The van der Waals surface area contributed by atoms with Gasteiger partial charge in [-0.3, -0.25) is 0 Å². The van der Waals surface area contributed by atoms with Crippen LogP contribution in [0.15, 0.2) is 6.20 Å². The van der Waals surface area contributed by atoms with Gasteiger partial charge in [0.25, 0.3) is 0 Å². The van der Waals surface area contributed by atoms with E-state index in [9.17, 15) is 5.11 Å². The number of hydrogen-bond acceptors (Lipinski definition) is 3. The highest BCUT2D eigenvalue weighted by molar-refractivity contribution is 5.05. The van der Waals surface area contributed by atoms with Crippen LogP contribution >= 0.6 is 0 Å². The third kappa shape index (κ3) is 1.72. The van der Waals surface area contributed by atoms with Crippen LogP contribution in [0.1, 0.15) is 37.3 Å². The summed E-state index contributed by atoms with van der Waals surface area (Å²) in [5.74, 6) is 0.211. The molecule has 0 aromatic carbocycles. The third-order valence-corrected chi connectivity index (χ3v) is 2.73. The summed E-state index contributed by atoms with van der Waals surface area (Å²) in [5, 5.41) is 18.0. The number of aliphatic hydroxyl groups is 1. The molecule has 0 spiro atoms.